The predicted octanol–water partition coefficient (Wildman–Crippen LogP) is 2.00. The minimum absolute atomic E-state index is 0.228. The van der Waals surface area contributed by atoms with Crippen molar-refractivity contribution in [2.24, 2.45) is 10.9 Å². The molecule has 0 aromatic heterocycles. The van der Waals surface area contributed by atoms with Gasteiger partial charge in [-0.15, -0.1) is 0 Å². The number of halogens is 1. The second-order valence-corrected chi connectivity index (χ2v) is 4.60. The number of rotatable bonds is 3. The van der Waals surface area contributed by atoms with Crippen LogP contribution < -0.4 is 5.73 Å². The summed E-state index contributed by atoms with van der Waals surface area (Å²) >= 11 is 0. The fourth-order valence-electron chi connectivity index (χ4n) is 2.10. The standard InChI is InChI=1S/C13H15FN2O2/c1-8-3-4-10(14)7-11(8)13(5-6-13)12(15)16-18-9(2)17/h3-4,7H,5-6H2,1-2H3,(H2,15,16). The van der Waals surface area contributed by atoms with E-state index >= 15 is 0 Å². The molecule has 1 saturated carbocycles. The number of amidine groups is 1. The summed E-state index contributed by atoms with van der Waals surface area (Å²) in [6, 6.07) is 4.59. The molecule has 0 bridgehead atoms. The highest BCUT2D eigenvalue weighted by Gasteiger charge is 2.49. The van der Waals surface area contributed by atoms with Crippen LogP contribution in [-0.2, 0) is 15.0 Å². The van der Waals surface area contributed by atoms with E-state index in [9.17, 15) is 9.18 Å². The normalized spacial score (nSPS) is 17.4. The lowest BCUT2D eigenvalue weighted by Crippen LogP contribution is -2.30. The predicted molar refractivity (Wildman–Crippen MR) is 65.4 cm³/mol. The first kappa shape index (κ1) is 12.5. The molecular formula is C13H15FN2O2. The lowest BCUT2D eigenvalue weighted by molar-refractivity contribution is -0.141. The number of nitrogens with two attached hydrogens (primary N) is 1. The fourth-order valence-corrected chi connectivity index (χ4v) is 2.10. The van der Waals surface area contributed by atoms with E-state index in [2.05, 4.69) is 9.99 Å². The zero-order valence-corrected chi connectivity index (χ0v) is 10.4. The largest absolute Gasteiger partial charge is 0.384 e. The van der Waals surface area contributed by atoms with Gasteiger partial charge in [0.1, 0.15) is 5.82 Å². The number of oxime groups is 1. The Morgan fingerprint density at radius 2 is 2.17 bits per heavy atom. The topological polar surface area (TPSA) is 64.7 Å². The molecule has 0 saturated heterocycles. The second-order valence-electron chi connectivity index (χ2n) is 4.60. The molecule has 1 aliphatic carbocycles. The summed E-state index contributed by atoms with van der Waals surface area (Å²) in [7, 11) is 0. The Kier molecular flexibility index (Phi) is 3.07. The van der Waals surface area contributed by atoms with E-state index in [-0.39, 0.29) is 11.7 Å². The van der Waals surface area contributed by atoms with E-state index in [1.165, 1.54) is 19.1 Å². The molecule has 96 valence electrons. The maximum Gasteiger partial charge on any atom is 0.332 e. The van der Waals surface area contributed by atoms with Gasteiger partial charge in [0.15, 0.2) is 5.84 Å². The summed E-state index contributed by atoms with van der Waals surface area (Å²) in [4.78, 5) is 15.3. The van der Waals surface area contributed by atoms with E-state index in [1.807, 2.05) is 6.92 Å². The van der Waals surface area contributed by atoms with Crippen molar-refractivity contribution in [3.05, 3.63) is 35.1 Å². The van der Waals surface area contributed by atoms with E-state index in [4.69, 9.17) is 5.73 Å². The monoisotopic (exact) mass is 250 g/mol. The molecular weight excluding hydrogens is 235 g/mol. The third-order valence-corrected chi connectivity index (χ3v) is 3.23. The van der Waals surface area contributed by atoms with Crippen molar-refractivity contribution in [3.8, 4) is 0 Å². The molecule has 0 radical (unpaired) electrons. The van der Waals surface area contributed by atoms with Crippen molar-refractivity contribution in [1.29, 1.82) is 0 Å². The zero-order chi connectivity index (χ0) is 13.3. The first-order valence-electron chi connectivity index (χ1n) is 5.74. The minimum atomic E-state index is -0.523. The molecule has 4 nitrogen and oxygen atoms in total. The summed E-state index contributed by atoms with van der Waals surface area (Å²) in [6.07, 6.45) is 1.57. The maximum absolute atomic E-state index is 13.3. The Hall–Kier alpha value is -1.91. The van der Waals surface area contributed by atoms with Crippen LogP contribution in [-0.4, -0.2) is 11.8 Å². The van der Waals surface area contributed by atoms with Gasteiger partial charge in [0.05, 0.1) is 5.41 Å². The lowest BCUT2D eigenvalue weighted by atomic mass is 9.91. The molecule has 1 aliphatic rings. The highest BCUT2D eigenvalue weighted by atomic mass is 19.1. The third-order valence-electron chi connectivity index (χ3n) is 3.23. The van der Waals surface area contributed by atoms with Gasteiger partial charge in [-0.3, -0.25) is 0 Å². The molecule has 2 N–H and O–H groups in total. The van der Waals surface area contributed by atoms with Gasteiger partial charge in [0, 0.05) is 6.92 Å². The third kappa shape index (κ3) is 2.20. The van der Waals surface area contributed by atoms with Crippen molar-refractivity contribution in [3.63, 3.8) is 0 Å². The van der Waals surface area contributed by atoms with Crippen molar-refractivity contribution < 1.29 is 14.0 Å². The minimum Gasteiger partial charge on any atom is -0.384 e. The molecule has 1 fully saturated rings. The van der Waals surface area contributed by atoms with Gasteiger partial charge in [-0.2, -0.15) is 0 Å². The number of hydrogen-bond acceptors (Lipinski definition) is 3. The Bertz CT molecular complexity index is 522. The lowest BCUT2D eigenvalue weighted by Gasteiger charge is -2.17. The number of carbonyl (C=O) groups excluding carboxylic acids is 1. The van der Waals surface area contributed by atoms with Gasteiger partial charge in [-0.25, -0.2) is 9.18 Å². The van der Waals surface area contributed by atoms with Crippen molar-refractivity contribution in [2.45, 2.75) is 32.1 Å². The van der Waals surface area contributed by atoms with E-state index in [1.54, 1.807) is 6.07 Å². The van der Waals surface area contributed by atoms with Gasteiger partial charge >= 0.3 is 5.97 Å². The van der Waals surface area contributed by atoms with E-state index in [0.717, 1.165) is 24.0 Å². The summed E-state index contributed by atoms with van der Waals surface area (Å²) in [5.74, 6) is -0.599. The van der Waals surface area contributed by atoms with E-state index in [0.29, 0.717) is 0 Å². The number of carbonyl (C=O) groups is 1. The van der Waals surface area contributed by atoms with Crippen molar-refractivity contribution in [2.75, 3.05) is 0 Å². The Morgan fingerprint density at radius 1 is 1.50 bits per heavy atom. The zero-order valence-electron chi connectivity index (χ0n) is 10.4. The highest BCUT2D eigenvalue weighted by molar-refractivity contribution is 5.95. The smallest absolute Gasteiger partial charge is 0.332 e. The Labute approximate surface area is 105 Å². The van der Waals surface area contributed by atoms with Crippen molar-refractivity contribution in [1.82, 2.24) is 0 Å². The average Bonchev–Trinajstić information content (AvgIpc) is 3.10. The summed E-state index contributed by atoms with van der Waals surface area (Å²) in [5, 5.41) is 3.63. The van der Waals surface area contributed by atoms with Crippen LogP contribution in [0.4, 0.5) is 4.39 Å². The quantitative estimate of drug-likeness (QED) is 0.386. The van der Waals surface area contributed by atoms with Crippen LogP contribution in [0.15, 0.2) is 23.4 Å². The van der Waals surface area contributed by atoms with Crippen LogP contribution in [0.5, 0.6) is 0 Å². The van der Waals surface area contributed by atoms with Crippen LogP contribution in [0, 0.1) is 12.7 Å². The summed E-state index contributed by atoms with van der Waals surface area (Å²) in [5.41, 5.74) is 7.16. The molecule has 1 aromatic carbocycles. The van der Waals surface area contributed by atoms with Crippen LogP contribution >= 0.6 is 0 Å². The average molecular weight is 250 g/mol. The molecule has 2 rings (SSSR count). The number of aryl methyl sites for hydroxylation is 1. The van der Waals surface area contributed by atoms with Gasteiger partial charge in [-0.1, -0.05) is 11.2 Å². The first-order valence-corrected chi connectivity index (χ1v) is 5.74. The molecule has 0 atom stereocenters. The van der Waals surface area contributed by atoms with Gasteiger partial charge in [0.25, 0.3) is 0 Å². The van der Waals surface area contributed by atoms with Crippen LogP contribution in [0.1, 0.15) is 30.9 Å². The SMILES string of the molecule is CC(=O)O/N=C(\N)C1(c2cc(F)ccc2C)CC1. The fraction of sp³-hybridized carbons (Fsp3) is 0.385. The van der Waals surface area contributed by atoms with Gasteiger partial charge in [-0.05, 0) is 43.0 Å². The molecule has 0 aliphatic heterocycles. The summed E-state index contributed by atoms with van der Waals surface area (Å²) < 4.78 is 13.3. The first-order chi connectivity index (χ1) is 8.45. The van der Waals surface area contributed by atoms with Gasteiger partial charge < -0.3 is 10.6 Å². The van der Waals surface area contributed by atoms with Crippen LogP contribution in [0.3, 0.4) is 0 Å². The molecule has 0 amide bonds. The molecule has 0 unspecified atom stereocenters. The highest BCUT2D eigenvalue weighted by Crippen LogP contribution is 2.49. The molecule has 18 heavy (non-hydrogen) atoms. The van der Waals surface area contributed by atoms with Crippen molar-refractivity contribution >= 4 is 11.8 Å². The Morgan fingerprint density at radius 3 is 2.72 bits per heavy atom. The Balaban J connectivity index is 2.34. The van der Waals surface area contributed by atoms with Crippen LogP contribution in [0.25, 0.3) is 0 Å². The summed E-state index contributed by atoms with van der Waals surface area (Å²) in [6.45, 7) is 3.15. The maximum atomic E-state index is 13.3. The molecule has 0 heterocycles. The second kappa shape index (κ2) is 4.40. The molecule has 5 heteroatoms. The van der Waals surface area contributed by atoms with Crippen LogP contribution in [0.2, 0.25) is 0 Å². The van der Waals surface area contributed by atoms with Gasteiger partial charge in [0.2, 0.25) is 0 Å². The molecule has 0 spiro atoms. The van der Waals surface area contributed by atoms with E-state index < -0.39 is 11.4 Å². The number of nitrogens with zero attached hydrogens (tertiary/aromatic N) is 1. The number of benzene rings is 1. The number of hydrogen-bond donors (Lipinski definition) is 1. The molecule has 1 aromatic rings.